The van der Waals surface area contributed by atoms with E-state index in [1.807, 2.05) is 13.8 Å². The van der Waals surface area contributed by atoms with Gasteiger partial charge in [-0.2, -0.15) is 0 Å². The van der Waals surface area contributed by atoms with Crippen molar-refractivity contribution < 1.29 is 20.1 Å². The molecule has 0 bridgehead atoms. The molecule has 0 rings (SSSR count). The maximum Gasteiger partial charge on any atom is 0 e. The fourth-order valence-electron chi connectivity index (χ4n) is 0. The fourth-order valence-corrected chi connectivity index (χ4v) is 0. The summed E-state index contributed by atoms with van der Waals surface area (Å²) < 4.78 is 0. The second-order valence-electron chi connectivity index (χ2n) is 0. The molecule has 55 valence electrons. The minimum atomic E-state index is 0. The number of hydrogen-bond acceptors (Lipinski definition) is 0. The van der Waals surface area contributed by atoms with Crippen molar-refractivity contribution >= 4 is 0 Å². The Bertz CT molecular complexity index is 4.14. The molecule has 0 aromatic rings. The predicted octanol–water partition coefficient (Wildman–Crippen LogP) is 3.20. The van der Waals surface area contributed by atoms with Gasteiger partial charge in [0.15, 0.2) is 0 Å². The van der Waals surface area contributed by atoms with Crippen LogP contribution in [0.4, 0.5) is 0 Å². The normalized spacial score (nSPS) is 0.857. The van der Waals surface area contributed by atoms with Crippen LogP contribution < -0.4 is 0 Å². The van der Waals surface area contributed by atoms with E-state index >= 15 is 0 Å². The van der Waals surface area contributed by atoms with Crippen molar-refractivity contribution in [2.75, 3.05) is 0 Å². The Labute approximate surface area is 64.1 Å². The molecule has 0 aliphatic heterocycles. The van der Waals surface area contributed by atoms with Crippen LogP contribution >= 0.6 is 0 Å². The van der Waals surface area contributed by atoms with Crippen LogP contribution in [0.15, 0.2) is 0 Å². The summed E-state index contributed by atoms with van der Waals surface area (Å²) in [5, 5.41) is 0. The molecule has 7 heavy (non-hydrogen) atoms. The first-order chi connectivity index (χ1) is 1.00. The van der Waals surface area contributed by atoms with E-state index in [-0.39, 0.29) is 49.8 Å². The quantitative estimate of drug-likeness (QED) is 0.599. The molecule has 0 heterocycles. The number of rotatable bonds is 0. The van der Waals surface area contributed by atoms with Gasteiger partial charge in [0.05, 0.1) is 0 Å². The standard InChI is InChI=1S/C2H6.2CH4.2CH3.Ir/c1-2;;;;;/h1-2H3;2*1H4;2*1H3;/q;;;2*-1;. The molecule has 0 spiro atoms. The van der Waals surface area contributed by atoms with Gasteiger partial charge in [0, 0.05) is 20.1 Å². The smallest absolute Gasteiger partial charge is 0 e. The van der Waals surface area contributed by atoms with Crippen LogP contribution in [0.5, 0.6) is 0 Å². The summed E-state index contributed by atoms with van der Waals surface area (Å²) in [5.41, 5.74) is 0. The third-order valence-corrected chi connectivity index (χ3v) is 0. The van der Waals surface area contributed by atoms with Crippen LogP contribution in [0.1, 0.15) is 28.7 Å². The molecular formula is C6H20Ir-2. The van der Waals surface area contributed by atoms with Crippen LogP contribution in [0.2, 0.25) is 0 Å². The van der Waals surface area contributed by atoms with E-state index in [1.165, 1.54) is 0 Å². The van der Waals surface area contributed by atoms with E-state index in [0.717, 1.165) is 0 Å². The summed E-state index contributed by atoms with van der Waals surface area (Å²) in [6, 6.07) is 0. The van der Waals surface area contributed by atoms with Crippen molar-refractivity contribution in [3.05, 3.63) is 14.9 Å². The van der Waals surface area contributed by atoms with E-state index in [0.29, 0.717) is 0 Å². The first-order valence-electron chi connectivity index (χ1n) is 1.00. The Kier molecular flexibility index (Phi) is 8940. The Balaban J connectivity index is -0.000000000500. The zero-order valence-corrected chi connectivity index (χ0v) is 6.73. The maximum atomic E-state index is 2.00. The van der Waals surface area contributed by atoms with Gasteiger partial charge in [-0.05, 0) is 0 Å². The third-order valence-electron chi connectivity index (χ3n) is 0. The van der Waals surface area contributed by atoms with Gasteiger partial charge in [-0.25, -0.2) is 0 Å². The predicted molar refractivity (Wildman–Crippen MR) is 37.6 cm³/mol. The fraction of sp³-hybridized carbons (Fsp3) is 0.667. The van der Waals surface area contributed by atoms with E-state index in [2.05, 4.69) is 0 Å². The Morgan fingerprint density at radius 1 is 0.714 bits per heavy atom. The van der Waals surface area contributed by atoms with E-state index in [1.54, 1.807) is 0 Å². The number of hydrogen-bond donors (Lipinski definition) is 0. The molecule has 0 aliphatic rings. The van der Waals surface area contributed by atoms with Gasteiger partial charge >= 0.3 is 0 Å². The molecule has 0 saturated heterocycles. The summed E-state index contributed by atoms with van der Waals surface area (Å²) in [5.74, 6) is 0. The zero-order valence-electron chi connectivity index (χ0n) is 4.33. The zero-order chi connectivity index (χ0) is 2.00. The SMILES string of the molecule is C.C.CC.[CH3-].[CH3-].[Ir]. The van der Waals surface area contributed by atoms with Gasteiger partial charge in [0.25, 0.3) is 0 Å². The monoisotopic (exact) mass is 285 g/mol. The van der Waals surface area contributed by atoms with Crippen LogP contribution in [0.3, 0.4) is 0 Å². The van der Waals surface area contributed by atoms with Crippen LogP contribution in [-0.4, -0.2) is 0 Å². The van der Waals surface area contributed by atoms with E-state index in [4.69, 9.17) is 0 Å². The molecule has 0 aliphatic carbocycles. The summed E-state index contributed by atoms with van der Waals surface area (Å²) in [6.45, 7) is 4.00. The molecule has 0 nitrogen and oxygen atoms in total. The molecule has 0 saturated carbocycles. The Hall–Kier alpha value is 0.649. The largest absolute Gasteiger partial charge is 0.358 e. The van der Waals surface area contributed by atoms with Crippen molar-refractivity contribution in [3.63, 3.8) is 0 Å². The first kappa shape index (κ1) is 124. The van der Waals surface area contributed by atoms with E-state index < -0.39 is 0 Å². The minimum absolute atomic E-state index is 0. The molecule has 0 aromatic heterocycles. The van der Waals surface area contributed by atoms with E-state index in [9.17, 15) is 0 Å². The maximum absolute atomic E-state index is 2.00. The van der Waals surface area contributed by atoms with Crippen molar-refractivity contribution in [3.8, 4) is 0 Å². The molecule has 0 atom stereocenters. The van der Waals surface area contributed by atoms with Crippen LogP contribution in [0.25, 0.3) is 0 Å². The molecule has 0 aromatic carbocycles. The van der Waals surface area contributed by atoms with Gasteiger partial charge in [0.2, 0.25) is 0 Å². The molecule has 0 fully saturated rings. The van der Waals surface area contributed by atoms with Gasteiger partial charge in [-0.15, -0.1) is 0 Å². The summed E-state index contributed by atoms with van der Waals surface area (Å²) in [6.07, 6.45) is 0. The molecule has 1 radical (unpaired) electrons. The third kappa shape index (κ3) is 341. The molecular weight excluding hydrogens is 264 g/mol. The first-order valence-corrected chi connectivity index (χ1v) is 1.00. The molecule has 0 amide bonds. The summed E-state index contributed by atoms with van der Waals surface area (Å²) >= 11 is 0. The van der Waals surface area contributed by atoms with Gasteiger partial charge in [-0.3, -0.25) is 0 Å². The molecule has 0 N–H and O–H groups in total. The molecule has 1 heteroatoms. The topological polar surface area (TPSA) is 0 Å². The van der Waals surface area contributed by atoms with Crippen molar-refractivity contribution in [1.29, 1.82) is 0 Å². The Morgan fingerprint density at radius 2 is 0.714 bits per heavy atom. The summed E-state index contributed by atoms with van der Waals surface area (Å²) in [4.78, 5) is 0. The van der Waals surface area contributed by atoms with Gasteiger partial charge in [-0.1, -0.05) is 28.7 Å². The van der Waals surface area contributed by atoms with Gasteiger partial charge in [0.1, 0.15) is 0 Å². The average Bonchev–Trinajstić information content (AvgIpc) is 1.00. The van der Waals surface area contributed by atoms with Crippen LogP contribution in [-0.2, 0) is 20.1 Å². The minimum Gasteiger partial charge on any atom is -0.358 e. The molecule has 0 unspecified atom stereocenters. The van der Waals surface area contributed by atoms with Gasteiger partial charge < -0.3 is 14.9 Å². The average molecular weight is 284 g/mol. The van der Waals surface area contributed by atoms with Crippen molar-refractivity contribution in [1.82, 2.24) is 0 Å². The second-order valence-corrected chi connectivity index (χ2v) is 0. The second kappa shape index (κ2) is 503. The van der Waals surface area contributed by atoms with Crippen molar-refractivity contribution in [2.24, 2.45) is 0 Å². The Morgan fingerprint density at radius 3 is 0.714 bits per heavy atom. The van der Waals surface area contributed by atoms with Crippen molar-refractivity contribution in [2.45, 2.75) is 28.7 Å². The van der Waals surface area contributed by atoms with Crippen LogP contribution in [0, 0.1) is 14.9 Å². The summed E-state index contributed by atoms with van der Waals surface area (Å²) in [7, 11) is 0.